The number of fused-ring (bicyclic) bond motifs is 1. The summed E-state index contributed by atoms with van der Waals surface area (Å²) in [6, 6.07) is 3.46. The van der Waals surface area contributed by atoms with Crippen LogP contribution in [0, 0.1) is 0 Å². The van der Waals surface area contributed by atoms with Crippen molar-refractivity contribution in [1.29, 1.82) is 0 Å². The third kappa shape index (κ3) is 2.91. The van der Waals surface area contributed by atoms with Gasteiger partial charge in [-0.3, -0.25) is 4.79 Å². The van der Waals surface area contributed by atoms with Gasteiger partial charge in [0.25, 0.3) is 5.91 Å². The summed E-state index contributed by atoms with van der Waals surface area (Å²) in [7, 11) is 0. The maximum absolute atomic E-state index is 12.2. The van der Waals surface area contributed by atoms with E-state index in [9.17, 15) is 4.79 Å². The smallest absolute Gasteiger partial charge is 0.251 e. The highest BCUT2D eigenvalue weighted by molar-refractivity contribution is 9.10. The molecule has 0 aromatic heterocycles. The van der Waals surface area contributed by atoms with E-state index in [-0.39, 0.29) is 12.0 Å². The van der Waals surface area contributed by atoms with Crippen molar-refractivity contribution in [2.75, 3.05) is 26.4 Å². The maximum Gasteiger partial charge on any atom is 0.251 e. The van der Waals surface area contributed by atoms with Gasteiger partial charge >= 0.3 is 0 Å². The van der Waals surface area contributed by atoms with E-state index in [0.29, 0.717) is 36.8 Å². The minimum absolute atomic E-state index is 0.127. The summed E-state index contributed by atoms with van der Waals surface area (Å²) >= 11 is 3.41. The van der Waals surface area contributed by atoms with Gasteiger partial charge in [-0.25, -0.2) is 0 Å². The Labute approximate surface area is 125 Å². The summed E-state index contributed by atoms with van der Waals surface area (Å²) in [6.07, 6.45) is 2.21. The molecule has 6 heteroatoms. The predicted molar refractivity (Wildman–Crippen MR) is 76.4 cm³/mol. The van der Waals surface area contributed by atoms with Crippen molar-refractivity contribution < 1.29 is 19.0 Å². The Morgan fingerprint density at radius 3 is 2.95 bits per heavy atom. The Morgan fingerprint density at radius 2 is 2.15 bits per heavy atom. The van der Waals surface area contributed by atoms with Crippen LogP contribution in [0.25, 0.3) is 0 Å². The molecule has 1 fully saturated rings. The van der Waals surface area contributed by atoms with Gasteiger partial charge in [-0.15, -0.1) is 0 Å². The Hall–Kier alpha value is -1.27. The molecular formula is C14H16BrNO4. The lowest BCUT2D eigenvalue weighted by molar-refractivity contribution is 0.0857. The molecule has 0 saturated carbocycles. The number of benzene rings is 1. The summed E-state index contributed by atoms with van der Waals surface area (Å²) in [6.45, 7) is 2.36. The lowest BCUT2D eigenvalue weighted by Gasteiger charge is -2.20. The molecule has 5 nitrogen and oxygen atoms in total. The van der Waals surface area contributed by atoms with Gasteiger partial charge in [0.05, 0.1) is 10.6 Å². The summed E-state index contributed by atoms with van der Waals surface area (Å²) in [5.74, 6) is 1.14. The van der Waals surface area contributed by atoms with Crippen LogP contribution in [0.4, 0.5) is 0 Å². The second-order valence-corrected chi connectivity index (χ2v) is 5.68. The number of hydrogen-bond acceptors (Lipinski definition) is 4. The van der Waals surface area contributed by atoms with Crippen molar-refractivity contribution in [1.82, 2.24) is 5.32 Å². The molecule has 1 N–H and O–H groups in total. The summed E-state index contributed by atoms with van der Waals surface area (Å²) in [5.41, 5.74) is 0.555. The van der Waals surface area contributed by atoms with Crippen molar-refractivity contribution in [3.8, 4) is 11.5 Å². The summed E-state index contributed by atoms with van der Waals surface area (Å²) < 4.78 is 17.2. The summed E-state index contributed by atoms with van der Waals surface area (Å²) in [4.78, 5) is 12.2. The van der Waals surface area contributed by atoms with E-state index in [1.807, 2.05) is 0 Å². The fourth-order valence-corrected chi connectivity index (χ4v) is 2.91. The van der Waals surface area contributed by atoms with E-state index in [2.05, 4.69) is 21.2 Å². The number of ether oxygens (including phenoxy) is 3. The van der Waals surface area contributed by atoms with Crippen LogP contribution in [-0.4, -0.2) is 38.4 Å². The third-order valence-corrected chi connectivity index (χ3v) is 3.96. The van der Waals surface area contributed by atoms with Crippen LogP contribution in [-0.2, 0) is 4.74 Å². The van der Waals surface area contributed by atoms with Crippen molar-refractivity contribution >= 4 is 21.8 Å². The SMILES string of the molecule is O=C(NC[C@H]1CCCO1)c1cc(Br)c2c(c1)OCCO2. The van der Waals surface area contributed by atoms with Crippen molar-refractivity contribution in [2.24, 2.45) is 0 Å². The van der Waals surface area contributed by atoms with Crippen LogP contribution in [0.15, 0.2) is 16.6 Å². The number of nitrogens with one attached hydrogen (secondary N) is 1. The molecule has 1 aromatic rings. The number of rotatable bonds is 3. The first-order valence-electron chi connectivity index (χ1n) is 6.73. The molecule has 1 atom stereocenters. The number of amides is 1. The van der Waals surface area contributed by atoms with E-state index in [1.165, 1.54) is 0 Å². The molecule has 2 aliphatic rings. The number of halogens is 1. The van der Waals surface area contributed by atoms with Gasteiger partial charge in [-0.2, -0.15) is 0 Å². The fourth-order valence-electron chi connectivity index (χ4n) is 2.36. The Balaban J connectivity index is 1.69. The highest BCUT2D eigenvalue weighted by Crippen LogP contribution is 2.38. The molecule has 2 heterocycles. The first-order chi connectivity index (χ1) is 9.74. The second-order valence-electron chi connectivity index (χ2n) is 4.83. The zero-order valence-corrected chi connectivity index (χ0v) is 12.6. The molecule has 0 bridgehead atoms. The van der Waals surface area contributed by atoms with Crippen molar-refractivity contribution in [3.05, 3.63) is 22.2 Å². The molecule has 0 radical (unpaired) electrons. The quantitative estimate of drug-likeness (QED) is 0.914. The highest BCUT2D eigenvalue weighted by Gasteiger charge is 2.20. The predicted octanol–water partition coefficient (Wildman–Crippen LogP) is 2.13. The number of carbonyl (C=O) groups excluding carboxylic acids is 1. The van der Waals surface area contributed by atoms with Gasteiger partial charge in [-0.05, 0) is 40.9 Å². The van der Waals surface area contributed by atoms with E-state index in [4.69, 9.17) is 14.2 Å². The zero-order valence-electron chi connectivity index (χ0n) is 11.0. The Kier molecular flexibility index (Phi) is 4.12. The van der Waals surface area contributed by atoms with Crippen LogP contribution in [0.3, 0.4) is 0 Å². The highest BCUT2D eigenvalue weighted by atomic mass is 79.9. The molecule has 20 heavy (non-hydrogen) atoms. The molecule has 0 unspecified atom stereocenters. The van der Waals surface area contributed by atoms with Gasteiger partial charge in [0.15, 0.2) is 11.5 Å². The van der Waals surface area contributed by atoms with Gasteiger partial charge in [-0.1, -0.05) is 0 Å². The van der Waals surface area contributed by atoms with E-state index in [1.54, 1.807) is 12.1 Å². The van der Waals surface area contributed by atoms with Crippen LogP contribution in [0.5, 0.6) is 11.5 Å². The molecule has 1 saturated heterocycles. The van der Waals surface area contributed by atoms with Crippen LogP contribution in [0.1, 0.15) is 23.2 Å². The van der Waals surface area contributed by atoms with Crippen LogP contribution in [0.2, 0.25) is 0 Å². The van der Waals surface area contributed by atoms with Gasteiger partial charge < -0.3 is 19.5 Å². The Bertz CT molecular complexity index is 514. The van der Waals surface area contributed by atoms with Gasteiger partial charge in [0.2, 0.25) is 0 Å². The molecule has 2 aliphatic heterocycles. The first kappa shape index (κ1) is 13.7. The van der Waals surface area contributed by atoms with Crippen molar-refractivity contribution in [3.63, 3.8) is 0 Å². The fraction of sp³-hybridized carbons (Fsp3) is 0.500. The largest absolute Gasteiger partial charge is 0.486 e. The zero-order chi connectivity index (χ0) is 13.9. The van der Waals surface area contributed by atoms with Gasteiger partial charge in [0.1, 0.15) is 13.2 Å². The number of carbonyl (C=O) groups is 1. The molecule has 3 rings (SSSR count). The van der Waals surface area contributed by atoms with E-state index < -0.39 is 0 Å². The van der Waals surface area contributed by atoms with Crippen LogP contribution < -0.4 is 14.8 Å². The normalized spacial score (nSPS) is 20.8. The summed E-state index contributed by atoms with van der Waals surface area (Å²) in [5, 5.41) is 2.89. The van der Waals surface area contributed by atoms with E-state index in [0.717, 1.165) is 23.9 Å². The molecule has 1 amide bonds. The molecule has 1 aromatic carbocycles. The minimum atomic E-state index is -0.127. The lowest BCUT2D eigenvalue weighted by atomic mass is 10.1. The maximum atomic E-state index is 12.2. The van der Waals surface area contributed by atoms with E-state index >= 15 is 0 Å². The monoisotopic (exact) mass is 341 g/mol. The molecule has 0 spiro atoms. The molecule has 0 aliphatic carbocycles. The van der Waals surface area contributed by atoms with Crippen LogP contribution >= 0.6 is 15.9 Å². The van der Waals surface area contributed by atoms with Gasteiger partial charge in [0, 0.05) is 18.7 Å². The molecule has 108 valence electrons. The average molecular weight is 342 g/mol. The Morgan fingerprint density at radius 1 is 1.30 bits per heavy atom. The minimum Gasteiger partial charge on any atom is -0.486 e. The van der Waals surface area contributed by atoms with Crippen molar-refractivity contribution in [2.45, 2.75) is 18.9 Å². The first-order valence-corrected chi connectivity index (χ1v) is 7.52. The molecular weight excluding hydrogens is 326 g/mol. The second kappa shape index (κ2) is 6.01. The standard InChI is InChI=1S/C14H16BrNO4/c15-11-6-9(7-12-13(11)20-5-4-19-12)14(17)16-8-10-2-1-3-18-10/h6-7,10H,1-5,8H2,(H,16,17)/t10-/m1/s1. The third-order valence-electron chi connectivity index (χ3n) is 3.37. The number of hydrogen-bond donors (Lipinski definition) is 1. The average Bonchev–Trinajstić information content (AvgIpc) is 2.98. The topological polar surface area (TPSA) is 56.8 Å². The lowest BCUT2D eigenvalue weighted by Crippen LogP contribution is -2.31.